The SMILES string of the molecule is Cc1cnn(C)c1/C=C/CCBr. The van der Waals surface area contributed by atoms with Gasteiger partial charge in [0, 0.05) is 12.4 Å². The molecule has 0 radical (unpaired) electrons. The Hall–Kier alpha value is -0.570. The zero-order valence-electron chi connectivity index (χ0n) is 7.42. The monoisotopic (exact) mass is 228 g/mol. The van der Waals surface area contributed by atoms with Crippen LogP contribution < -0.4 is 0 Å². The van der Waals surface area contributed by atoms with Crippen molar-refractivity contribution in [2.75, 3.05) is 5.33 Å². The lowest BCUT2D eigenvalue weighted by molar-refractivity contribution is 0.759. The molecule has 1 heterocycles. The molecule has 0 aromatic carbocycles. The molecule has 12 heavy (non-hydrogen) atoms. The third kappa shape index (κ3) is 2.21. The van der Waals surface area contributed by atoms with Gasteiger partial charge in [0.2, 0.25) is 0 Å². The Kier molecular flexibility index (Phi) is 3.53. The molecule has 0 aliphatic carbocycles. The van der Waals surface area contributed by atoms with Gasteiger partial charge in [-0.3, -0.25) is 4.68 Å². The lowest BCUT2D eigenvalue weighted by Gasteiger charge is -1.95. The fourth-order valence-corrected chi connectivity index (χ4v) is 1.32. The van der Waals surface area contributed by atoms with Gasteiger partial charge in [0.05, 0.1) is 11.9 Å². The highest BCUT2D eigenvalue weighted by molar-refractivity contribution is 9.09. The van der Waals surface area contributed by atoms with Crippen LogP contribution in [0.1, 0.15) is 17.7 Å². The minimum absolute atomic E-state index is 1.01. The molecule has 1 aromatic rings. The van der Waals surface area contributed by atoms with Crippen LogP contribution in [0.4, 0.5) is 0 Å². The summed E-state index contributed by atoms with van der Waals surface area (Å²) in [5.74, 6) is 0. The van der Waals surface area contributed by atoms with Crippen molar-refractivity contribution in [2.45, 2.75) is 13.3 Å². The number of alkyl halides is 1. The van der Waals surface area contributed by atoms with Crippen LogP contribution >= 0.6 is 15.9 Å². The summed E-state index contributed by atoms with van der Waals surface area (Å²) in [5, 5.41) is 5.16. The Balaban J connectivity index is 2.73. The maximum atomic E-state index is 4.15. The van der Waals surface area contributed by atoms with Gasteiger partial charge in [0.15, 0.2) is 0 Å². The van der Waals surface area contributed by atoms with Crippen molar-refractivity contribution in [3.05, 3.63) is 23.5 Å². The van der Waals surface area contributed by atoms with Crippen molar-refractivity contribution in [3.8, 4) is 0 Å². The fraction of sp³-hybridized carbons (Fsp3) is 0.444. The molecule has 0 aliphatic rings. The molecule has 0 N–H and O–H groups in total. The smallest absolute Gasteiger partial charge is 0.0632 e. The van der Waals surface area contributed by atoms with Gasteiger partial charge in [-0.1, -0.05) is 22.0 Å². The van der Waals surface area contributed by atoms with Gasteiger partial charge in [-0.2, -0.15) is 5.10 Å². The number of allylic oxidation sites excluding steroid dienone is 1. The van der Waals surface area contributed by atoms with Crippen molar-refractivity contribution >= 4 is 22.0 Å². The molecule has 0 saturated carbocycles. The van der Waals surface area contributed by atoms with Crippen molar-refractivity contribution in [3.63, 3.8) is 0 Å². The van der Waals surface area contributed by atoms with Crippen LogP contribution in [0.15, 0.2) is 12.3 Å². The summed E-state index contributed by atoms with van der Waals surface area (Å²) in [6, 6.07) is 0. The predicted molar refractivity (Wildman–Crippen MR) is 55.4 cm³/mol. The van der Waals surface area contributed by atoms with Gasteiger partial charge in [-0.25, -0.2) is 0 Å². The van der Waals surface area contributed by atoms with E-state index in [1.54, 1.807) is 0 Å². The average Bonchev–Trinajstić information content (AvgIpc) is 2.35. The molecule has 0 unspecified atom stereocenters. The first-order valence-electron chi connectivity index (χ1n) is 3.97. The Morgan fingerprint density at radius 1 is 1.67 bits per heavy atom. The molecule has 0 spiro atoms. The molecule has 0 fully saturated rings. The molecule has 0 aliphatic heterocycles. The standard InChI is InChI=1S/C9H13BrN2/c1-8-7-11-12(2)9(8)5-3-4-6-10/h3,5,7H,4,6H2,1-2H3/b5-3+. The van der Waals surface area contributed by atoms with Gasteiger partial charge in [0.25, 0.3) is 0 Å². The second-order valence-corrected chi connectivity index (χ2v) is 3.51. The highest BCUT2D eigenvalue weighted by Gasteiger charge is 1.98. The summed E-state index contributed by atoms with van der Waals surface area (Å²) in [6.07, 6.45) is 7.21. The van der Waals surface area contributed by atoms with Crippen molar-refractivity contribution in [1.29, 1.82) is 0 Å². The van der Waals surface area contributed by atoms with Crippen LogP contribution in [0.25, 0.3) is 6.08 Å². The number of aromatic nitrogens is 2. The largest absolute Gasteiger partial charge is 0.268 e. The Morgan fingerprint density at radius 3 is 2.92 bits per heavy atom. The molecule has 66 valence electrons. The molecular weight excluding hydrogens is 216 g/mol. The first kappa shape index (κ1) is 9.52. The molecule has 0 saturated heterocycles. The highest BCUT2D eigenvalue weighted by atomic mass is 79.9. The fourth-order valence-electron chi connectivity index (χ4n) is 1.05. The summed E-state index contributed by atoms with van der Waals surface area (Å²) in [7, 11) is 1.96. The normalized spacial score (nSPS) is 11.2. The summed E-state index contributed by atoms with van der Waals surface area (Å²) >= 11 is 3.38. The Bertz CT molecular complexity index is 257. The zero-order chi connectivity index (χ0) is 8.97. The Morgan fingerprint density at radius 2 is 2.42 bits per heavy atom. The van der Waals surface area contributed by atoms with Crippen LogP contribution in [0.5, 0.6) is 0 Å². The van der Waals surface area contributed by atoms with Gasteiger partial charge in [-0.05, 0) is 25.0 Å². The van der Waals surface area contributed by atoms with E-state index in [4.69, 9.17) is 0 Å². The minimum atomic E-state index is 1.01. The lowest BCUT2D eigenvalue weighted by atomic mass is 10.2. The number of nitrogens with zero attached hydrogens (tertiary/aromatic N) is 2. The third-order valence-corrected chi connectivity index (χ3v) is 2.19. The first-order valence-corrected chi connectivity index (χ1v) is 5.09. The number of aryl methyl sites for hydroxylation is 2. The molecule has 1 rings (SSSR count). The van der Waals surface area contributed by atoms with Crippen LogP contribution in [0.2, 0.25) is 0 Å². The Labute approximate surface area is 81.4 Å². The summed E-state index contributed by atoms with van der Waals surface area (Å²) in [6.45, 7) is 2.07. The maximum absolute atomic E-state index is 4.15. The molecule has 0 amide bonds. The van der Waals surface area contributed by atoms with E-state index in [-0.39, 0.29) is 0 Å². The predicted octanol–water partition coefficient (Wildman–Crippen LogP) is 2.53. The molecule has 3 heteroatoms. The third-order valence-electron chi connectivity index (χ3n) is 1.73. The van der Waals surface area contributed by atoms with Gasteiger partial charge in [-0.15, -0.1) is 0 Å². The minimum Gasteiger partial charge on any atom is -0.268 e. The van der Waals surface area contributed by atoms with E-state index in [1.807, 2.05) is 17.9 Å². The van der Waals surface area contributed by atoms with Gasteiger partial charge in [0.1, 0.15) is 0 Å². The van der Waals surface area contributed by atoms with Gasteiger partial charge < -0.3 is 0 Å². The van der Waals surface area contributed by atoms with Crippen LogP contribution in [0.3, 0.4) is 0 Å². The van der Waals surface area contributed by atoms with Crippen LogP contribution in [-0.2, 0) is 7.05 Å². The second kappa shape index (κ2) is 4.45. The molecule has 0 atom stereocenters. The van der Waals surface area contributed by atoms with Crippen LogP contribution in [0, 0.1) is 6.92 Å². The molecule has 2 nitrogen and oxygen atoms in total. The number of hydrogen-bond donors (Lipinski definition) is 0. The van der Waals surface area contributed by atoms with Crippen molar-refractivity contribution in [1.82, 2.24) is 9.78 Å². The summed E-state index contributed by atoms with van der Waals surface area (Å²) < 4.78 is 1.89. The van der Waals surface area contributed by atoms with Crippen molar-refractivity contribution < 1.29 is 0 Å². The number of rotatable bonds is 3. The quantitative estimate of drug-likeness (QED) is 0.728. The number of hydrogen-bond acceptors (Lipinski definition) is 1. The maximum Gasteiger partial charge on any atom is 0.0632 e. The van der Waals surface area contributed by atoms with E-state index >= 15 is 0 Å². The summed E-state index contributed by atoms with van der Waals surface area (Å²) in [4.78, 5) is 0. The van der Waals surface area contributed by atoms with E-state index < -0.39 is 0 Å². The van der Waals surface area contributed by atoms with E-state index in [0.29, 0.717) is 0 Å². The number of halogens is 1. The molecular formula is C9H13BrN2. The molecule has 0 bridgehead atoms. The summed E-state index contributed by atoms with van der Waals surface area (Å²) in [5.41, 5.74) is 2.42. The van der Waals surface area contributed by atoms with Gasteiger partial charge >= 0.3 is 0 Å². The molecule has 1 aromatic heterocycles. The first-order chi connectivity index (χ1) is 5.75. The topological polar surface area (TPSA) is 17.8 Å². The zero-order valence-corrected chi connectivity index (χ0v) is 9.00. The highest BCUT2D eigenvalue weighted by Crippen LogP contribution is 2.08. The van der Waals surface area contributed by atoms with E-state index in [2.05, 4.69) is 40.1 Å². The van der Waals surface area contributed by atoms with Crippen molar-refractivity contribution in [2.24, 2.45) is 7.05 Å². The average molecular weight is 229 g/mol. The lowest BCUT2D eigenvalue weighted by Crippen LogP contribution is -1.92. The van der Waals surface area contributed by atoms with E-state index in [1.165, 1.54) is 11.3 Å². The van der Waals surface area contributed by atoms with E-state index in [9.17, 15) is 0 Å². The second-order valence-electron chi connectivity index (χ2n) is 2.72. The van der Waals surface area contributed by atoms with Crippen LogP contribution in [-0.4, -0.2) is 15.1 Å². The van der Waals surface area contributed by atoms with E-state index in [0.717, 1.165) is 11.8 Å².